The second-order valence-electron chi connectivity index (χ2n) is 3.60. The van der Waals surface area contributed by atoms with Crippen molar-refractivity contribution in [1.82, 2.24) is 0 Å². The van der Waals surface area contributed by atoms with E-state index >= 15 is 0 Å². The van der Waals surface area contributed by atoms with Crippen LogP contribution in [0.3, 0.4) is 0 Å². The summed E-state index contributed by atoms with van der Waals surface area (Å²) in [5.41, 5.74) is 14.5. The standard InChI is InChI=1S/C12H12N2OS/c1-7(15)8-4-12(16-6-8)10-5-9(13)2-3-11(10)14/h2-6H,13-14H2,1H3. The molecule has 0 unspecified atom stereocenters. The molecule has 1 heterocycles. The summed E-state index contributed by atoms with van der Waals surface area (Å²) in [7, 11) is 0. The second kappa shape index (κ2) is 3.98. The fourth-order valence-corrected chi connectivity index (χ4v) is 2.44. The first kappa shape index (κ1) is 10.7. The lowest BCUT2D eigenvalue weighted by Gasteiger charge is -2.03. The molecule has 16 heavy (non-hydrogen) atoms. The molecule has 0 amide bonds. The Balaban J connectivity index is 2.50. The molecule has 1 aromatic carbocycles. The Morgan fingerprint density at radius 3 is 2.62 bits per heavy atom. The van der Waals surface area contributed by atoms with E-state index in [4.69, 9.17) is 11.5 Å². The van der Waals surface area contributed by atoms with E-state index in [0.29, 0.717) is 16.9 Å². The Labute approximate surface area is 97.7 Å². The second-order valence-corrected chi connectivity index (χ2v) is 4.51. The van der Waals surface area contributed by atoms with E-state index < -0.39 is 0 Å². The molecule has 0 saturated carbocycles. The van der Waals surface area contributed by atoms with Gasteiger partial charge < -0.3 is 11.5 Å². The zero-order chi connectivity index (χ0) is 11.7. The molecule has 0 aliphatic rings. The van der Waals surface area contributed by atoms with E-state index in [1.54, 1.807) is 19.1 Å². The van der Waals surface area contributed by atoms with Gasteiger partial charge in [-0.15, -0.1) is 11.3 Å². The van der Waals surface area contributed by atoms with Crippen LogP contribution in [0.1, 0.15) is 17.3 Å². The predicted octanol–water partition coefficient (Wildman–Crippen LogP) is 2.78. The lowest BCUT2D eigenvalue weighted by Crippen LogP contribution is -1.92. The van der Waals surface area contributed by atoms with Crippen molar-refractivity contribution in [2.75, 3.05) is 11.5 Å². The van der Waals surface area contributed by atoms with Crippen LogP contribution in [-0.2, 0) is 0 Å². The van der Waals surface area contributed by atoms with Crippen molar-refractivity contribution < 1.29 is 4.79 Å². The highest BCUT2D eigenvalue weighted by Crippen LogP contribution is 2.33. The number of nitrogen functional groups attached to an aromatic ring is 2. The lowest BCUT2D eigenvalue weighted by atomic mass is 10.1. The molecule has 3 nitrogen and oxygen atoms in total. The number of anilines is 2. The van der Waals surface area contributed by atoms with E-state index in [2.05, 4.69) is 0 Å². The Hall–Kier alpha value is -1.81. The number of rotatable bonds is 2. The van der Waals surface area contributed by atoms with Crippen LogP contribution in [-0.4, -0.2) is 5.78 Å². The Kier molecular flexibility index (Phi) is 2.66. The lowest BCUT2D eigenvalue weighted by molar-refractivity contribution is 0.101. The van der Waals surface area contributed by atoms with Gasteiger partial charge in [0.25, 0.3) is 0 Å². The number of carbonyl (C=O) groups is 1. The van der Waals surface area contributed by atoms with Crippen molar-refractivity contribution in [3.63, 3.8) is 0 Å². The highest BCUT2D eigenvalue weighted by Gasteiger charge is 2.08. The van der Waals surface area contributed by atoms with Crippen molar-refractivity contribution in [3.8, 4) is 10.4 Å². The molecule has 0 atom stereocenters. The zero-order valence-electron chi connectivity index (χ0n) is 8.86. The van der Waals surface area contributed by atoms with Crippen LogP contribution < -0.4 is 11.5 Å². The summed E-state index contributed by atoms with van der Waals surface area (Å²) in [5, 5.41) is 1.83. The van der Waals surface area contributed by atoms with Gasteiger partial charge in [0.2, 0.25) is 0 Å². The molecule has 0 radical (unpaired) electrons. The first-order valence-corrected chi connectivity index (χ1v) is 5.71. The molecule has 0 bridgehead atoms. The van der Waals surface area contributed by atoms with Crippen LogP contribution in [0.2, 0.25) is 0 Å². The number of thiophene rings is 1. The molecule has 4 heteroatoms. The average molecular weight is 232 g/mol. The molecule has 1 aromatic heterocycles. The maximum absolute atomic E-state index is 11.2. The van der Waals surface area contributed by atoms with Gasteiger partial charge >= 0.3 is 0 Å². The summed E-state index contributed by atoms with van der Waals surface area (Å²) >= 11 is 1.50. The van der Waals surface area contributed by atoms with Crippen molar-refractivity contribution in [1.29, 1.82) is 0 Å². The van der Waals surface area contributed by atoms with Crippen LogP contribution in [0.15, 0.2) is 29.6 Å². The average Bonchev–Trinajstić information content (AvgIpc) is 2.70. The SMILES string of the molecule is CC(=O)c1csc(-c2cc(N)ccc2N)c1. The summed E-state index contributed by atoms with van der Waals surface area (Å²) < 4.78 is 0. The Morgan fingerprint density at radius 2 is 2.00 bits per heavy atom. The largest absolute Gasteiger partial charge is 0.399 e. The van der Waals surface area contributed by atoms with Gasteiger partial charge in [-0.1, -0.05) is 0 Å². The molecule has 0 aliphatic carbocycles. The molecule has 0 aliphatic heterocycles. The predicted molar refractivity (Wildman–Crippen MR) is 68.6 cm³/mol. The molecule has 2 rings (SSSR count). The molecule has 82 valence electrons. The van der Waals surface area contributed by atoms with Crippen molar-refractivity contribution in [2.45, 2.75) is 6.92 Å². The third-order valence-electron chi connectivity index (χ3n) is 2.35. The minimum Gasteiger partial charge on any atom is -0.399 e. The fraction of sp³-hybridized carbons (Fsp3) is 0.0833. The van der Waals surface area contributed by atoms with E-state index in [1.165, 1.54) is 11.3 Å². The number of benzene rings is 1. The van der Waals surface area contributed by atoms with Crippen molar-refractivity contribution in [2.24, 2.45) is 0 Å². The number of carbonyl (C=O) groups excluding carboxylic acids is 1. The summed E-state index contributed by atoms with van der Waals surface area (Å²) in [6, 6.07) is 7.21. The van der Waals surface area contributed by atoms with E-state index in [-0.39, 0.29) is 5.78 Å². The fourth-order valence-electron chi connectivity index (χ4n) is 1.45. The minimum atomic E-state index is 0.0602. The maximum atomic E-state index is 11.2. The molecule has 0 saturated heterocycles. The van der Waals surface area contributed by atoms with Crippen molar-refractivity contribution in [3.05, 3.63) is 35.2 Å². The van der Waals surface area contributed by atoms with E-state index in [9.17, 15) is 4.79 Å². The minimum absolute atomic E-state index is 0.0602. The van der Waals surface area contributed by atoms with Crippen LogP contribution in [0, 0.1) is 0 Å². The number of ketones is 1. The summed E-state index contributed by atoms with van der Waals surface area (Å²) in [4.78, 5) is 12.2. The zero-order valence-corrected chi connectivity index (χ0v) is 9.67. The van der Waals surface area contributed by atoms with Gasteiger partial charge in [0.1, 0.15) is 0 Å². The number of nitrogens with two attached hydrogens (primary N) is 2. The Morgan fingerprint density at radius 1 is 1.25 bits per heavy atom. The molecular weight excluding hydrogens is 220 g/mol. The number of hydrogen-bond donors (Lipinski definition) is 2. The normalized spacial score (nSPS) is 10.3. The van der Waals surface area contributed by atoms with Gasteiger partial charge in [0.05, 0.1) is 0 Å². The highest BCUT2D eigenvalue weighted by molar-refractivity contribution is 7.14. The highest BCUT2D eigenvalue weighted by atomic mass is 32.1. The monoisotopic (exact) mass is 232 g/mol. The summed E-state index contributed by atoms with van der Waals surface area (Å²) in [6.07, 6.45) is 0. The number of hydrogen-bond acceptors (Lipinski definition) is 4. The summed E-state index contributed by atoms with van der Waals surface area (Å²) in [6.45, 7) is 1.55. The van der Waals surface area contributed by atoms with Gasteiger partial charge in [0.15, 0.2) is 5.78 Å². The van der Waals surface area contributed by atoms with Gasteiger partial charge in [-0.2, -0.15) is 0 Å². The maximum Gasteiger partial charge on any atom is 0.160 e. The first-order chi connectivity index (χ1) is 7.58. The first-order valence-electron chi connectivity index (χ1n) is 4.83. The summed E-state index contributed by atoms with van der Waals surface area (Å²) in [5.74, 6) is 0.0602. The topological polar surface area (TPSA) is 69.1 Å². The van der Waals surface area contributed by atoms with Crippen LogP contribution in [0.5, 0.6) is 0 Å². The Bertz CT molecular complexity index is 546. The van der Waals surface area contributed by atoms with E-state index in [0.717, 1.165) is 10.4 Å². The smallest absolute Gasteiger partial charge is 0.160 e. The van der Waals surface area contributed by atoms with E-state index in [1.807, 2.05) is 17.5 Å². The van der Waals surface area contributed by atoms with Crippen LogP contribution >= 0.6 is 11.3 Å². The third kappa shape index (κ3) is 1.92. The molecule has 4 N–H and O–H groups in total. The molecule has 2 aromatic rings. The van der Waals surface area contributed by atoms with Gasteiger partial charge in [0, 0.05) is 32.8 Å². The van der Waals surface area contributed by atoms with Gasteiger partial charge in [-0.05, 0) is 31.2 Å². The molecular formula is C12H12N2OS. The molecule has 0 fully saturated rings. The third-order valence-corrected chi connectivity index (χ3v) is 3.31. The number of Topliss-reactive ketones (excluding diaryl/α,β-unsaturated/α-hetero) is 1. The van der Waals surface area contributed by atoms with Crippen LogP contribution in [0.25, 0.3) is 10.4 Å². The van der Waals surface area contributed by atoms with Gasteiger partial charge in [-0.25, -0.2) is 0 Å². The van der Waals surface area contributed by atoms with Crippen LogP contribution in [0.4, 0.5) is 11.4 Å². The van der Waals surface area contributed by atoms with Crippen molar-refractivity contribution >= 4 is 28.5 Å². The quantitative estimate of drug-likeness (QED) is 0.618. The van der Waals surface area contributed by atoms with Gasteiger partial charge in [-0.3, -0.25) is 4.79 Å². The molecule has 0 spiro atoms.